The van der Waals surface area contributed by atoms with Gasteiger partial charge in [-0.3, -0.25) is 9.48 Å². The maximum Gasteiger partial charge on any atom is 0.231 e. The Balaban J connectivity index is 2.81. The molecule has 1 amide bonds. The van der Waals surface area contributed by atoms with Gasteiger partial charge in [0.05, 0.1) is 17.3 Å². The molecule has 0 aliphatic carbocycles. The average molecular weight is 252 g/mol. The Hall–Kier alpha value is -1.36. The van der Waals surface area contributed by atoms with E-state index in [2.05, 4.69) is 24.3 Å². The van der Waals surface area contributed by atoms with E-state index >= 15 is 0 Å². The zero-order valence-electron chi connectivity index (χ0n) is 11.6. The molecular formula is C13H24N4O. The summed E-state index contributed by atoms with van der Waals surface area (Å²) in [5, 5.41) is 6.96. The number of nitrogens with two attached hydrogens (primary N) is 1. The van der Waals surface area contributed by atoms with Crippen molar-refractivity contribution < 1.29 is 4.79 Å². The fraction of sp³-hybridized carbons (Fsp3) is 0.692. The van der Waals surface area contributed by atoms with E-state index in [0.29, 0.717) is 6.54 Å². The molecule has 18 heavy (non-hydrogen) atoms. The number of rotatable bonds is 7. The molecule has 0 unspecified atom stereocenters. The molecular weight excluding hydrogens is 228 g/mol. The van der Waals surface area contributed by atoms with Gasteiger partial charge in [0.25, 0.3) is 0 Å². The largest absolute Gasteiger partial charge is 0.329 e. The minimum atomic E-state index is -0.445. The first kappa shape index (κ1) is 14.7. The molecule has 3 N–H and O–H groups in total. The number of nitrogens with one attached hydrogen (secondary N) is 1. The lowest BCUT2D eigenvalue weighted by atomic mass is 9.78. The van der Waals surface area contributed by atoms with Crippen molar-refractivity contribution in [2.24, 2.45) is 18.2 Å². The van der Waals surface area contributed by atoms with Crippen LogP contribution in [0.2, 0.25) is 0 Å². The zero-order valence-corrected chi connectivity index (χ0v) is 11.6. The van der Waals surface area contributed by atoms with Gasteiger partial charge in [-0.2, -0.15) is 5.10 Å². The number of aromatic nitrogens is 2. The fourth-order valence-electron chi connectivity index (χ4n) is 2.36. The Bertz CT molecular complexity index is 380. The Kier molecular flexibility index (Phi) is 5.34. The SMILES string of the molecule is CCCC(CN)(CCC)C(=O)Nc1cnn(C)c1. The molecule has 0 aromatic carbocycles. The maximum absolute atomic E-state index is 12.4. The summed E-state index contributed by atoms with van der Waals surface area (Å²) < 4.78 is 1.67. The van der Waals surface area contributed by atoms with Gasteiger partial charge in [-0.15, -0.1) is 0 Å². The summed E-state index contributed by atoms with van der Waals surface area (Å²) in [6.45, 7) is 4.55. The number of carbonyl (C=O) groups is 1. The number of hydrogen-bond acceptors (Lipinski definition) is 3. The minimum absolute atomic E-state index is 0.0155. The predicted octanol–water partition coefficient (Wildman–Crippen LogP) is 1.90. The van der Waals surface area contributed by atoms with Crippen LogP contribution in [0.15, 0.2) is 12.4 Å². The van der Waals surface area contributed by atoms with Crippen molar-refractivity contribution in [1.29, 1.82) is 0 Å². The molecule has 0 spiro atoms. The molecule has 0 radical (unpaired) electrons. The second-order valence-corrected chi connectivity index (χ2v) is 4.84. The van der Waals surface area contributed by atoms with E-state index in [4.69, 9.17) is 5.73 Å². The van der Waals surface area contributed by atoms with Gasteiger partial charge in [0.1, 0.15) is 0 Å². The highest BCUT2D eigenvalue weighted by molar-refractivity contribution is 5.95. The van der Waals surface area contributed by atoms with E-state index in [1.807, 2.05) is 7.05 Å². The monoisotopic (exact) mass is 252 g/mol. The van der Waals surface area contributed by atoms with Crippen LogP contribution in [0.4, 0.5) is 5.69 Å². The van der Waals surface area contributed by atoms with Gasteiger partial charge >= 0.3 is 0 Å². The van der Waals surface area contributed by atoms with Crippen LogP contribution >= 0.6 is 0 Å². The summed E-state index contributed by atoms with van der Waals surface area (Å²) in [6.07, 6.45) is 7.00. The first-order chi connectivity index (χ1) is 8.57. The second kappa shape index (κ2) is 6.54. The number of amides is 1. The third-order valence-corrected chi connectivity index (χ3v) is 3.29. The molecule has 0 aliphatic rings. The van der Waals surface area contributed by atoms with Crippen molar-refractivity contribution >= 4 is 11.6 Å². The van der Waals surface area contributed by atoms with Gasteiger partial charge in [0, 0.05) is 19.8 Å². The van der Waals surface area contributed by atoms with Crippen molar-refractivity contribution in [3.05, 3.63) is 12.4 Å². The topological polar surface area (TPSA) is 72.9 Å². The lowest BCUT2D eigenvalue weighted by molar-refractivity contribution is -0.126. The third-order valence-electron chi connectivity index (χ3n) is 3.29. The second-order valence-electron chi connectivity index (χ2n) is 4.84. The number of hydrogen-bond donors (Lipinski definition) is 2. The summed E-state index contributed by atoms with van der Waals surface area (Å²) in [7, 11) is 1.82. The molecule has 1 aromatic rings. The molecule has 1 aromatic heterocycles. The van der Waals surface area contributed by atoms with Gasteiger partial charge in [0.15, 0.2) is 0 Å². The molecule has 0 aliphatic heterocycles. The standard InChI is InChI=1S/C13H24N4O/c1-4-6-13(10-14,7-5-2)12(18)16-11-8-15-17(3)9-11/h8-9H,4-7,10,14H2,1-3H3,(H,16,18). The van der Waals surface area contributed by atoms with E-state index < -0.39 is 5.41 Å². The minimum Gasteiger partial charge on any atom is -0.329 e. The van der Waals surface area contributed by atoms with Crippen LogP contribution in [-0.4, -0.2) is 22.2 Å². The smallest absolute Gasteiger partial charge is 0.231 e. The van der Waals surface area contributed by atoms with Crippen molar-refractivity contribution in [2.75, 3.05) is 11.9 Å². The third kappa shape index (κ3) is 3.32. The fourth-order valence-corrected chi connectivity index (χ4v) is 2.36. The van der Waals surface area contributed by atoms with Crippen LogP contribution in [0.25, 0.3) is 0 Å². The van der Waals surface area contributed by atoms with Crippen LogP contribution < -0.4 is 11.1 Å². The Labute approximate surface area is 109 Å². The molecule has 0 saturated carbocycles. The molecule has 1 heterocycles. The zero-order chi connectivity index (χ0) is 13.6. The number of nitrogens with zero attached hydrogens (tertiary/aromatic N) is 2. The number of carbonyl (C=O) groups excluding carboxylic acids is 1. The Morgan fingerprint density at radius 2 is 2.06 bits per heavy atom. The molecule has 0 bridgehead atoms. The van der Waals surface area contributed by atoms with E-state index in [0.717, 1.165) is 31.4 Å². The predicted molar refractivity (Wildman–Crippen MR) is 73.1 cm³/mol. The summed E-state index contributed by atoms with van der Waals surface area (Å²) in [6, 6.07) is 0. The molecule has 5 heteroatoms. The van der Waals surface area contributed by atoms with Crippen LogP contribution in [0.5, 0.6) is 0 Å². The van der Waals surface area contributed by atoms with Crippen LogP contribution in [0.1, 0.15) is 39.5 Å². The summed E-state index contributed by atoms with van der Waals surface area (Å²) >= 11 is 0. The van der Waals surface area contributed by atoms with Crippen LogP contribution in [0, 0.1) is 5.41 Å². The lowest BCUT2D eigenvalue weighted by Crippen LogP contribution is -2.42. The molecule has 0 fully saturated rings. The van der Waals surface area contributed by atoms with Crippen molar-refractivity contribution in [3.8, 4) is 0 Å². The Morgan fingerprint density at radius 1 is 1.44 bits per heavy atom. The molecule has 0 atom stereocenters. The summed E-state index contributed by atoms with van der Waals surface area (Å²) in [5.41, 5.74) is 6.14. The van der Waals surface area contributed by atoms with Crippen molar-refractivity contribution in [3.63, 3.8) is 0 Å². The highest BCUT2D eigenvalue weighted by atomic mass is 16.2. The van der Waals surface area contributed by atoms with Crippen LogP contribution in [0.3, 0.4) is 0 Å². The Morgan fingerprint density at radius 3 is 2.44 bits per heavy atom. The van der Waals surface area contributed by atoms with E-state index in [9.17, 15) is 4.79 Å². The first-order valence-corrected chi connectivity index (χ1v) is 6.58. The lowest BCUT2D eigenvalue weighted by Gasteiger charge is -2.30. The molecule has 0 saturated heterocycles. The van der Waals surface area contributed by atoms with Crippen molar-refractivity contribution in [2.45, 2.75) is 39.5 Å². The molecule has 1 rings (SSSR count). The summed E-state index contributed by atoms with van der Waals surface area (Å²) in [5.74, 6) is 0.0155. The van der Waals surface area contributed by atoms with Gasteiger partial charge in [0.2, 0.25) is 5.91 Å². The number of anilines is 1. The van der Waals surface area contributed by atoms with Crippen LogP contribution in [-0.2, 0) is 11.8 Å². The highest BCUT2D eigenvalue weighted by Gasteiger charge is 2.35. The van der Waals surface area contributed by atoms with Crippen molar-refractivity contribution in [1.82, 2.24) is 9.78 Å². The number of aryl methyl sites for hydroxylation is 1. The van der Waals surface area contributed by atoms with Gasteiger partial charge < -0.3 is 11.1 Å². The van der Waals surface area contributed by atoms with Gasteiger partial charge in [-0.25, -0.2) is 0 Å². The van der Waals surface area contributed by atoms with Gasteiger partial charge in [-0.1, -0.05) is 26.7 Å². The van der Waals surface area contributed by atoms with Gasteiger partial charge in [-0.05, 0) is 12.8 Å². The summed E-state index contributed by atoms with van der Waals surface area (Å²) in [4.78, 5) is 12.4. The maximum atomic E-state index is 12.4. The average Bonchev–Trinajstić information content (AvgIpc) is 2.74. The van der Waals surface area contributed by atoms with E-state index in [1.54, 1.807) is 17.1 Å². The van der Waals surface area contributed by atoms with E-state index in [-0.39, 0.29) is 5.91 Å². The molecule has 102 valence electrons. The molecule has 5 nitrogen and oxygen atoms in total. The first-order valence-electron chi connectivity index (χ1n) is 6.58. The highest BCUT2D eigenvalue weighted by Crippen LogP contribution is 2.30. The normalized spacial score (nSPS) is 11.6. The quantitative estimate of drug-likeness (QED) is 0.778. The van der Waals surface area contributed by atoms with E-state index in [1.165, 1.54) is 0 Å².